The number of hydrogen-bond acceptors (Lipinski definition) is 2. The van der Waals surface area contributed by atoms with Crippen LogP contribution in [0.2, 0.25) is 5.02 Å². The largest absolute Gasteiger partial charge is 0.352 e. The van der Waals surface area contributed by atoms with Gasteiger partial charge in [-0.1, -0.05) is 112 Å². The van der Waals surface area contributed by atoms with Crippen LogP contribution in [-0.4, -0.2) is 28.8 Å². The number of rotatable bonds is 11. The van der Waals surface area contributed by atoms with Gasteiger partial charge >= 0.3 is 0 Å². The minimum absolute atomic E-state index is 0.0133. The van der Waals surface area contributed by atoms with Gasteiger partial charge in [-0.3, -0.25) is 9.59 Å². The van der Waals surface area contributed by atoms with E-state index in [2.05, 4.69) is 50.4 Å². The summed E-state index contributed by atoms with van der Waals surface area (Å²) < 4.78 is 0. The number of carbonyl (C=O) groups excluding carboxylic acids is 2. The fourth-order valence-electron chi connectivity index (χ4n) is 4.37. The number of nitrogens with zero attached hydrogens (tertiary/aromatic N) is 1. The summed E-state index contributed by atoms with van der Waals surface area (Å²) in [5.41, 5.74) is 4.27. The molecule has 5 heteroatoms. The van der Waals surface area contributed by atoms with E-state index in [0.717, 1.165) is 23.1 Å². The molecule has 2 atom stereocenters. The molecule has 4 nitrogen and oxygen atoms in total. The Hall–Kier alpha value is -3.11. The van der Waals surface area contributed by atoms with Gasteiger partial charge in [0.15, 0.2) is 0 Å². The molecule has 0 radical (unpaired) electrons. The molecule has 0 saturated heterocycles. The molecule has 0 bridgehead atoms. The Morgan fingerprint density at radius 3 is 2.13 bits per heavy atom. The Morgan fingerprint density at radius 1 is 0.895 bits per heavy atom. The van der Waals surface area contributed by atoms with E-state index < -0.39 is 6.04 Å². The second-order valence-electron chi connectivity index (χ2n) is 11.1. The van der Waals surface area contributed by atoms with Crippen LogP contribution in [0.15, 0.2) is 78.9 Å². The summed E-state index contributed by atoms with van der Waals surface area (Å²) in [5, 5.41) is 3.70. The van der Waals surface area contributed by atoms with Crippen LogP contribution in [-0.2, 0) is 34.4 Å². The quantitative estimate of drug-likeness (QED) is 0.285. The van der Waals surface area contributed by atoms with Crippen molar-refractivity contribution in [3.63, 3.8) is 0 Å². The molecule has 0 heterocycles. The van der Waals surface area contributed by atoms with Gasteiger partial charge in [-0.05, 0) is 53.5 Å². The van der Waals surface area contributed by atoms with Gasteiger partial charge in [0, 0.05) is 30.5 Å². The van der Waals surface area contributed by atoms with Crippen LogP contribution in [0.4, 0.5) is 0 Å². The molecule has 3 aromatic carbocycles. The lowest BCUT2D eigenvalue weighted by Crippen LogP contribution is -2.52. The number of amides is 2. The number of aryl methyl sites for hydroxylation is 1. The van der Waals surface area contributed by atoms with E-state index in [0.29, 0.717) is 24.3 Å². The smallest absolute Gasteiger partial charge is 0.243 e. The summed E-state index contributed by atoms with van der Waals surface area (Å²) in [4.78, 5) is 29.2. The minimum atomic E-state index is -0.654. The second-order valence-corrected chi connectivity index (χ2v) is 11.5. The van der Waals surface area contributed by atoms with Crippen molar-refractivity contribution in [3.8, 4) is 0 Å². The van der Waals surface area contributed by atoms with Crippen molar-refractivity contribution in [3.05, 3.63) is 106 Å². The van der Waals surface area contributed by atoms with Gasteiger partial charge in [0.1, 0.15) is 6.04 Å². The van der Waals surface area contributed by atoms with Crippen LogP contribution in [0.3, 0.4) is 0 Å². The fraction of sp³-hybridized carbons (Fsp3) is 0.394. The third-order valence-corrected chi connectivity index (χ3v) is 7.39. The predicted molar refractivity (Wildman–Crippen MR) is 157 cm³/mol. The summed E-state index contributed by atoms with van der Waals surface area (Å²) in [6.45, 7) is 10.9. The monoisotopic (exact) mass is 532 g/mol. The molecule has 0 spiro atoms. The Balaban J connectivity index is 1.90. The lowest BCUT2D eigenvalue weighted by atomic mass is 9.86. The standard InChI is InChI=1S/C33H41ClN2O2/c1-6-24(2)35-32(38)30(22-26-12-8-7-9-13-26)36(23-27-14-10-11-15-29(27)34)31(37)21-18-25-16-19-28(20-17-25)33(3,4)5/h7-17,19-20,24,30H,6,18,21-23H2,1-5H3,(H,35,38)/t24-,30+/m1/s1. The molecule has 0 aliphatic rings. The summed E-state index contributed by atoms with van der Waals surface area (Å²) in [7, 11) is 0. The molecule has 3 rings (SSSR count). The SMILES string of the molecule is CC[C@@H](C)NC(=O)[C@H](Cc1ccccc1)N(Cc1ccccc1Cl)C(=O)CCc1ccc(C(C)(C)C)cc1. The number of carbonyl (C=O) groups is 2. The third-order valence-electron chi connectivity index (χ3n) is 7.02. The number of halogens is 1. The van der Waals surface area contributed by atoms with E-state index in [4.69, 9.17) is 11.6 Å². The molecular formula is C33H41ClN2O2. The van der Waals surface area contributed by atoms with Crippen LogP contribution < -0.4 is 5.32 Å². The molecule has 0 aromatic heterocycles. The number of hydrogen-bond donors (Lipinski definition) is 1. The first kappa shape index (κ1) is 29.4. The van der Waals surface area contributed by atoms with Crippen molar-refractivity contribution in [1.82, 2.24) is 10.2 Å². The molecular weight excluding hydrogens is 492 g/mol. The Kier molecular flexibility index (Phi) is 10.6. The zero-order valence-corrected chi connectivity index (χ0v) is 24.1. The summed E-state index contributed by atoms with van der Waals surface area (Å²) in [6, 6.07) is 25.2. The fourth-order valence-corrected chi connectivity index (χ4v) is 4.57. The minimum Gasteiger partial charge on any atom is -0.352 e. The number of nitrogens with one attached hydrogen (secondary N) is 1. The highest BCUT2D eigenvalue weighted by molar-refractivity contribution is 6.31. The van der Waals surface area contributed by atoms with E-state index in [-0.39, 0.29) is 29.8 Å². The van der Waals surface area contributed by atoms with Gasteiger partial charge in [0.2, 0.25) is 11.8 Å². The molecule has 0 fully saturated rings. The summed E-state index contributed by atoms with van der Waals surface area (Å²) in [6.07, 6.45) is 2.15. The van der Waals surface area contributed by atoms with Gasteiger partial charge in [-0.25, -0.2) is 0 Å². The maximum absolute atomic E-state index is 13.9. The Labute approximate surface area is 233 Å². The van der Waals surface area contributed by atoms with Gasteiger partial charge in [-0.2, -0.15) is 0 Å². The average molecular weight is 533 g/mol. The topological polar surface area (TPSA) is 49.4 Å². The highest BCUT2D eigenvalue weighted by atomic mass is 35.5. The first-order valence-electron chi connectivity index (χ1n) is 13.5. The number of benzene rings is 3. The van der Waals surface area contributed by atoms with Crippen LogP contribution in [0, 0.1) is 0 Å². The highest BCUT2D eigenvalue weighted by Crippen LogP contribution is 2.24. The second kappa shape index (κ2) is 13.6. The zero-order valence-electron chi connectivity index (χ0n) is 23.3. The third kappa shape index (κ3) is 8.46. The zero-order chi connectivity index (χ0) is 27.7. The van der Waals surface area contributed by atoms with Gasteiger partial charge in [0.25, 0.3) is 0 Å². The lowest BCUT2D eigenvalue weighted by Gasteiger charge is -2.32. The lowest BCUT2D eigenvalue weighted by molar-refractivity contribution is -0.141. The van der Waals surface area contributed by atoms with E-state index in [1.807, 2.05) is 68.4 Å². The van der Waals surface area contributed by atoms with Crippen LogP contribution >= 0.6 is 11.6 Å². The van der Waals surface area contributed by atoms with Gasteiger partial charge in [-0.15, -0.1) is 0 Å². The maximum Gasteiger partial charge on any atom is 0.243 e. The molecule has 3 aromatic rings. The van der Waals surface area contributed by atoms with E-state index in [9.17, 15) is 9.59 Å². The van der Waals surface area contributed by atoms with Crippen LogP contribution in [0.1, 0.15) is 69.7 Å². The van der Waals surface area contributed by atoms with E-state index in [1.54, 1.807) is 4.90 Å². The van der Waals surface area contributed by atoms with Crippen molar-refractivity contribution in [1.29, 1.82) is 0 Å². The highest BCUT2D eigenvalue weighted by Gasteiger charge is 2.31. The molecule has 38 heavy (non-hydrogen) atoms. The molecule has 2 amide bonds. The van der Waals surface area contributed by atoms with Crippen molar-refractivity contribution in [2.45, 2.75) is 84.3 Å². The maximum atomic E-state index is 13.9. The van der Waals surface area contributed by atoms with Crippen LogP contribution in [0.5, 0.6) is 0 Å². The van der Waals surface area contributed by atoms with E-state index >= 15 is 0 Å². The van der Waals surface area contributed by atoms with Crippen molar-refractivity contribution in [2.24, 2.45) is 0 Å². The molecule has 0 unspecified atom stereocenters. The molecule has 1 N–H and O–H groups in total. The molecule has 0 aliphatic carbocycles. The normalized spacial score (nSPS) is 13.0. The van der Waals surface area contributed by atoms with E-state index in [1.165, 1.54) is 5.56 Å². The van der Waals surface area contributed by atoms with Crippen LogP contribution in [0.25, 0.3) is 0 Å². The Bertz CT molecular complexity index is 1190. The molecule has 0 aliphatic heterocycles. The van der Waals surface area contributed by atoms with Crippen molar-refractivity contribution in [2.75, 3.05) is 0 Å². The Morgan fingerprint density at radius 2 is 1.53 bits per heavy atom. The molecule has 202 valence electrons. The van der Waals surface area contributed by atoms with Crippen molar-refractivity contribution >= 4 is 23.4 Å². The first-order chi connectivity index (χ1) is 18.1. The predicted octanol–water partition coefficient (Wildman–Crippen LogP) is 7.12. The first-order valence-corrected chi connectivity index (χ1v) is 13.9. The molecule has 0 saturated carbocycles. The van der Waals surface area contributed by atoms with Crippen molar-refractivity contribution < 1.29 is 9.59 Å². The van der Waals surface area contributed by atoms with Gasteiger partial charge in [0.05, 0.1) is 0 Å². The average Bonchev–Trinajstić information content (AvgIpc) is 2.90. The summed E-state index contributed by atoms with van der Waals surface area (Å²) >= 11 is 6.51. The van der Waals surface area contributed by atoms with Gasteiger partial charge < -0.3 is 10.2 Å². The summed E-state index contributed by atoms with van der Waals surface area (Å²) in [5.74, 6) is -0.205.